The van der Waals surface area contributed by atoms with Crippen LogP contribution >= 0.6 is 0 Å². The van der Waals surface area contributed by atoms with Gasteiger partial charge < -0.3 is 9.47 Å². The first-order chi connectivity index (χ1) is 14.2. The van der Waals surface area contributed by atoms with Crippen LogP contribution in [0.3, 0.4) is 0 Å². The largest absolute Gasteiger partial charge is 0.462 e. The summed E-state index contributed by atoms with van der Waals surface area (Å²) in [6.07, 6.45) is 0.443. The Labute approximate surface area is 168 Å². The Morgan fingerprint density at radius 2 is 0.966 bits per heavy atom. The van der Waals surface area contributed by atoms with E-state index in [0.29, 0.717) is 17.5 Å². The Morgan fingerprint density at radius 1 is 0.552 bits per heavy atom. The maximum Gasteiger partial charge on any atom is 0.338 e. The van der Waals surface area contributed by atoms with E-state index in [2.05, 4.69) is 0 Å². The quantitative estimate of drug-likeness (QED) is 0.330. The summed E-state index contributed by atoms with van der Waals surface area (Å²) in [5.41, 5.74) is 1.02. The molecule has 0 N–H and O–H groups in total. The number of rotatable bonds is 6. The molecule has 0 aromatic heterocycles. The molecule has 0 aliphatic rings. The van der Waals surface area contributed by atoms with Crippen molar-refractivity contribution in [1.29, 1.82) is 0 Å². The van der Waals surface area contributed by atoms with Crippen molar-refractivity contribution in [3.05, 3.63) is 96.1 Å². The van der Waals surface area contributed by atoms with Gasteiger partial charge in [-0.25, -0.2) is 9.59 Å². The first kappa shape index (κ1) is 18.7. The van der Waals surface area contributed by atoms with Crippen molar-refractivity contribution in [2.45, 2.75) is 6.42 Å². The number of carbonyl (C=O) groups is 2. The summed E-state index contributed by atoms with van der Waals surface area (Å²) in [6.45, 7) is 0.382. The minimum absolute atomic E-state index is 0.191. The lowest BCUT2D eigenvalue weighted by Gasteiger charge is -2.08. The minimum atomic E-state index is -0.378. The van der Waals surface area contributed by atoms with Crippen molar-refractivity contribution in [3.8, 4) is 0 Å². The maximum absolute atomic E-state index is 12.2. The lowest BCUT2D eigenvalue weighted by atomic mass is 10.1. The fourth-order valence-electron chi connectivity index (χ4n) is 3.19. The molecule has 0 saturated carbocycles. The molecular weight excluding hydrogens is 364 g/mol. The van der Waals surface area contributed by atoms with Crippen molar-refractivity contribution in [1.82, 2.24) is 0 Å². The molecule has 0 bridgehead atoms. The molecule has 0 radical (unpaired) electrons. The molecule has 4 aromatic rings. The van der Waals surface area contributed by atoms with Crippen LogP contribution < -0.4 is 0 Å². The number of benzene rings is 4. The van der Waals surface area contributed by atoms with Crippen LogP contribution in [0.5, 0.6) is 0 Å². The van der Waals surface area contributed by atoms with E-state index in [1.54, 1.807) is 12.1 Å². The van der Waals surface area contributed by atoms with Gasteiger partial charge in [0, 0.05) is 6.42 Å². The molecule has 0 fully saturated rings. The van der Waals surface area contributed by atoms with Crippen LogP contribution in [-0.4, -0.2) is 25.2 Å². The highest BCUT2D eigenvalue weighted by atomic mass is 16.5. The van der Waals surface area contributed by atoms with Crippen molar-refractivity contribution in [2.24, 2.45) is 0 Å². The van der Waals surface area contributed by atoms with Gasteiger partial charge in [-0.05, 0) is 45.8 Å². The summed E-state index contributed by atoms with van der Waals surface area (Å²) < 4.78 is 10.6. The third-order valence-electron chi connectivity index (χ3n) is 4.73. The van der Waals surface area contributed by atoms with Crippen LogP contribution in [0.15, 0.2) is 84.9 Å². The average Bonchev–Trinajstić information content (AvgIpc) is 2.77. The molecule has 0 aliphatic carbocycles. The molecule has 29 heavy (non-hydrogen) atoms. The molecule has 4 heteroatoms. The van der Waals surface area contributed by atoms with Crippen molar-refractivity contribution >= 4 is 33.5 Å². The fourth-order valence-corrected chi connectivity index (χ4v) is 3.19. The monoisotopic (exact) mass is 384 g/mol. The van der Waals surface area contributed by atoms with Crippen molar-refractivity contribution < 1.29 is 19.1 Å². The first-order valence-electron chi connectivity index (χ1n) is 9.52. The second-order valence-electron chi connectivity index (χ2n) is 6.75. The van der Waals surface area contributed by atoms with Crippen LogP contribution in [0.2, 0.25) is 0 Å². The number of hydrogen-bond acceptors (Lipinski definition) is 4. The van der Waals surface area contributed by atoms with Gasteiger partial charge in [0.2, 0.25) is 0 Å². The highest BCUT2D eigenvalue weighted by molar-refractivity contribution is 5.96. The SMILES string of the molecule is O=C(OCCCOC(=O)c1ccc2ccccc2c1)c1ccc2ccccc2c1. The van der Waals surface area contributed by atoms with Gasteiger partial charge >= 0.3 is 11.9 Å². The Hall–Kier alpha value is -3.66. The van der Waals surface area contributed by atoms with Gasteiger partial charge in [0.25, 0.3) is 0 Å². The zero-order valence-corrected chi connectivity index (χ0v) is 15.8. The lowest BCUT2D eigenvalue weighted by Crippen LogP contribution is -2.11. The molecule has 0 heterocycles. The van der Waals surface area contributed by atoms with Gasteiger partial charge in [-0.2, -0.15) is 0 Å². The summed E-state index contributed by atoms with van der Waals surface area (Å²) in [7, 11) is 0. The average molecular weight is 384 g/mol. The molecule has 0 unspecified atom stereocenters. The van der Waals surface area contributed by atoms with E-state index in [-0.39, 0.29) is 25.2 Å². The number of fused-ring (bicyclic) bond motifs is 2. The summed E-state index contributed by atoms with van der Waals surface area (Å²) in [6, 6.07) is 26.6. The summed E-state index contributed by atoms with van der Waals surface area (Å²) >= 11 is 0. The van der Waals surface area contributed by atoms with Gasteiger partial charge in [0.15, 0.2) is 0 Å². The van der Waals surface area contributed by atoms with E-state index in [0.717, 1.165) is 21.5 Å². The Balaban J connectivity index is 1.25. The fraction of sp³-hybridized carbons (Fsp3) is 0.120. The third kappa shape index (κ3) is 4.43. The topological polar surface area (TPSA) is 52.6 Å². The summed E-state index contributed by atoms with van der Waals surface area (Å²) in [4.78, 5) is 24.4. The van der Waals surface area contributed by atoms with Crippen LogP contribution in [0, 0.1) is 0 Å². The van der Waals surface area contributed by atoms with E-state index >= 15 is 0 Å². The predicted octanol–water partition coefficient (Wildman–Crippen LogP) is 5.40. The molecule has 0 spiro atoms. The van der Waals surface area contributed by atoms with Crippen molar-refractivity contribution in [2.75, 3.05) is 13.2 Å². The molecule has 0 amide bonds. The highest BCUT2D eigenvalue weighted by Gasteiger charge is 2.10. The van der Waals surface area contributed by atoms with Gasteiger partial charge in [-0.1, -0.05) is 60.7 Å². The Kier molecular flexibility index (Phi) is 5.52. The zero-order valence-electron chi connectivity index (χ0n) is 15.8. The third-order valence-corrected chi connectivity index (χ3v) is 4.73. The van der Waals surface area contributed by atoms with Gasteiger partial charge in [-0.15, -0.1) is 0 Å². The maximum atomic E-state index is 12.2. The Bertz CT molecular complexity index is 1090. The van der Waals surface area contributed by atoms with Gasteiger partial charge in [0.1, 0.15) is 0 Å². The van der Waals surface area contributed by atoms with E-state index in [9.17, 15) is 9.59 Å². The molecule has 4 nitrogen and oxygen atoms in total. The first-order valence-corrected chi connectivity index (χ1v) is 9.52. The minimum Gasteiger partial charge on any atom is -0.462 e. The van der Waals surface area contributed by atoms with Crippen LogP contribution in [0.25, 0.3) is 21.5 Å². The zero-order chi connectivity index (χ0) is 20.1. The van der Waals surface area contributed by atoms with E-state index < -0.39 is 0 Å². The van der Waals surface area contributed by atoms with E-state index in [1.165, 1.54) is 0 Å². The van der Waals surface area contributed by atoms with E-state index in [4.69, 9.17) is 9.47 Å². The highest BCUT2D eigenvalue weighted by Crippen LogP contribution is 2.17. The molecule has 0 atom stereocenters. The molecule has 0 aliphatic heterocycles. The van der Waals surface area contributed by atoms with Crippen LogP contribution in [0.1, 0.15) is 27.1 Å². The molecular formula is C25H20O4. The van der Waals surface area contributed by atoms with Crippen LogP contribution in [0.4, 0.5) is 0 Å². The predicted molar refractivity (Wildman–Crippen MR) is 113 cm³/mol. The second kappa shape index (κ2) is 8.57. The van der Waals surface area contributed by atoms with Crippen LogP contribution in [-0.2, 0) is 9.47 Å². The second-order valence-corrected chi connectivity index (χ2v) is 6.75. The number of hydrogen-bond donors (Lipinski definition) is 0. The molecule has 4 rings (SSSR count). The summed E-state index contributed by atoms with van der Waals surface area (Å²) in [5.74, 6) is -0.756. The lowest BCUT2D eigenvalue weighted by molar-refractivity contribution is 0.0396. The van der Waals surface area contributed by atoms with Crippen molar-refractivity contribution in [3.63, 3.8) is 0 Å². The standard InChI is InChI=1S/C25H20O4/c26-24(22-12-10-18-6-1-3-8-20(18)16-22)28-14-5-15-29-25(27)23-13-11-19-7-2-4-9-21(19)17-23/h1-4,6-13,16-17H,5,14-15H2. The van der Waals surface area contributed by atoms with Gasteiger partial charge in [0.05, 0.1) is 24.3 Å². The molecule has 0 saturated heterocycles. The molecule has 144 valence electrons. The molecule has 4 aromatic carbocycles. The smallest absolute Gasteiger partial charge is 0.338 e. The Morgan fingerprint density at radius 3 is 1.41 bits per heavy atom. The van der Waals surface area contributed by atoms with E-state index in [1.807, 2.05) is 72.8 Å². The number of esters is 2. The normalized spacial score (nSPS) is 10.8. The van der Waals surface area contributed by atoms with Gasteiger partial charge in [-0.3, -0.25) is 0 Å². The number of carbonyl (C=O) groups excluding carboxylic acids is 2. The summed E-state index contributed by atoms with van der Waals surface area (Å²) in [5, 5.41) is 4.13. The number of ether oxygens (including phenoxy) is 2.